The summed E-state index contributed by atoms with van der Waals surface area (Å²) in [6, 6.07) is 3.66. The highest BCUT2D eigenvalue weighted by Gasteiger charge is 2.24. The fourth-order valence-electron chi connectivity index (χ4n) is 2.41. The van der Waals surface area contributed by atoms with Gasteiger partial charge in [-0.05, 0) is 38.2 Å². The molecule has 0 amide bonds. The molecule has 1 aromatic heterocycles. The second kappa shape index (κ2) is 4.65. The lowest BCUT2D eigenvalue weighted by Gasteiger charge is -2.37. The maximum Gasteiger partial charge on any atom is 0.0442 e. The van der Waals surface area contributed by atoms with Gasteiger partial charge in [0.2, 0.25) is 0 Å². The van der Waals surface area contributed by atoms with Crippen LogP contribution in [0.2, 0.25) is 0 Å². The molecule has 0 aliphatic heterocycles. The summed E-state index contributed by atoms with van der Waals surface area (Å²) in [6.45, 7) is 0.963. The highest BCUT2D eigenvalue weighted by atomic mass is 15.1. The number of hydrogen-bond acceptors (Lipinski definition) is 3. The van der Waals surface area contributed by atoms with E-state index in [1.54, 1.807) is 0 Å². The molecule has 1 N–H and O–H groups in total. The molecule has 0 unspecified atom stereocenters. The van der Waals surface area contributed by atoms with Gasteiger partial charge in [0.15, 0.2) is 0 Å². The maximum absolute atomic E-state index is 4.26. The van der Waals surface area contributed by atoms with Crippen molar-refractivity contribution in [3.63, 3.8) is 0 Å². The standard InChI is InChI=1S/C14H21N3/c1-17(13-3-2-4-13)14-7-8-15-9-11(14)10-16-12-5-6-12/h7-9,12-13,16H,2-6,10H2,1H3. The van der Waals surface area contributed by atoms with E-state index in [9.17, 15) is 0 Å². The zero-order valence-corrected chi connectivity index (χ0v) is 10.5. The maximum atomic E-state index is 4.26. The fraction of sp³-hybridized carbons (Fsp3) is 0.643. The summed E-state index contributed by atoms with van der Waals surface area (Å²) in [5.74, 6) is 0. The number of anilines is 1. The van der Waals surface area contributed by atoms with Gasteiger partial charge in [-0.2, -0.15) is 0 Å². The quantitative estimate of drug-likeness (QED) is 0.843. The van der Waals surface area contributed by atoms with Gasteiger partial charge in [-0.3, -0.25) is 4.98 Å². The largest absolute Gasteiger partial charge is 0.371 e. The Labute approximate surface area is 103 Å². The number of pyridine rings is 1. The molecule has 17 heavy (non-hydrogen) atoms. The molecule has 2 fully saturated rings. The Morgan fingerprint density at radius 1 is 1.35 bits per heavy atom. The third-order valence-electron chi connectivity index (χ3n) is 4.04. The Morgan fingerprint density at radius 3 is 2.82 bits per heavy atom. The summed E-state index contributed by atoms with van der Waals surface area (Å²) >= 11 is 0. The zero-order chi connectivity index (χ0) is 11.7. The van der Waals surface area contributed by atoms with Gasteiger partial charge in [0.05, 0.1) is 0 Å². The highest BCUT2D eigenvalue weighted by Crippen LogP contribution is 2.30. The van der Waals surface area contributed by atoms with E-state index in [-0.39, 0.29) is 0 Å². The van der Waals surface area contributed by atoms with Crippen LogP contribution in [0, 0.1) is 0 Å². The predicted octanol–water partition coefficient (Wildman–Crippen LogP) is 2.32. The Hall–Kier alpha value is -1.09. The van der Waals surface area contributed by atoms with Crippen LogP contribution in [-0.2, 0) is 6.54 Å². The average Bonchev–Trinajstić information content (AvgIpc) is 3.08. The molecule has 0 radical (unpaired) electrons. The third-order valence-corrected chi connectivity index (χ3v) is 4.04. The minimum Gasteiger partial charge on any atom is -0.371 e. The normalized spacial score (nSPS) is 20.1. The lowest BCUT2D eigenvalue weighted by molar-refractivity contribution is 0.400. The first kappa shape index (κ1) is 11.0. The summed E-state index contributed by atoms with van der Waals surface area (Å²) in [6.07, 6.45) is 10.7. The van der Waals surface area contributed by atoms with Crippen LogP contribution in [0.15, 0.2) is 18.5 Å². The Kier molecular flexibility index (Phi) is 3.02. The van der Waals surface area contributed by atoms with Crippen molar-refractivity contribution in [2.24, 2.45) is 0 Å². The summed E-state index contributed by atoms with van der Waals surface area (Å²) in [5, 5.41) is 3.58. The lowest BCUT2D eigenvalue weighted by atomic mass is 9.91. The lowest BCUT2D eigenvalue weighted by Crippen LogP contribution is -2.38. The van der Waals surface area contributed by atoms with E-state index >= 15 is 0 Å². The Balaban J connectivity index is 1.71. The van der Waals surface area contributed by atoms with Crippen LogP contribution in [-0.4, -0.2) is 24.1 Å². The molecular weight excluding hydrogens is 210 g/mol. The first-order chi connectivity index (χ1) is 8.34. The van der Waals surface area contributed by atoms with Gasteiger partial charge in [-0.25, -0.2) is 0 Å². The summed E-state index contributed by atoms with van der Waals surface area (Å²) in [5.41, 5.74) is 2.70. The van der Waals surface area contributed by atoms with Crippen LogP contribution >= 0.6 is 0 Å². The number of hydrogen-bond donors (Lipinski definition) is 1. The summed E-state index contributed by atoms with van der Waals surface area (Å²) in [4.78, 5) is 6.70. The number of nitrogens with zero attached hydrogens (tertiary/aromatic N) is 2. The molecule has 2 aliphatic carbocycles. The van der Waals surface area contributed by atoms with Gasteiger partial charge in [0, 0.05) is 49.3 Å². The van der Waals surface area contributed by atoms with E-state index in [0.29, 0.717) is 0 Å². The van der Waals surface area contributed by atoms with Crippen LogP contribution in [0.5, 0.6) is 0 Å². The molecule has 1 heterocycles. The Morgan fingerprint density at radius 2 is 2.18 bits per heavy atom. The van der Waals surface area contributed by atoms with E-state index in [1.807, 2.05) is 12.4 Å². The molecular formula is C14H21N3. The van der Waals surface area contributed by atoms with Gasteiger partial charge in [0.1, 0.15) is 0 Å². The van der Waals surface area contributed by atoms with E-state index < -0.39 is 0 Å². The van der Waals surface area contributed by atoms with Crippen molar-refractivity contribution >= 4 is 5.69 Å². The van der Waals surface area contributed by atoms with Crippen molar-refractivity contribution in [2.75, 3.05) is 11.9 Å². The molecule has 0 spiro atoms. The van der Waals surface area contributed by atoms with Gasteiger partial charge in [-0.15, -0.1) is 0 Å². The SMILES string of the molecule is CN(c1ccncc1CNC1CC1)C1CCC1. The van der Waals surface area contributed by atoms with Gasteiger partial charge in [0.25, 0.3) is 0 Å². The smallest absolute Gasteiger partial charge is 0.0442 e. The van der Waals surface area contributed by atoms with Crippen LogP contribution < -0.4 is 10.2 Å². The molecule has 0 saturated heterocycles. The van der Waals surface area contributed by atoms with Gasteiger partial charge >= 0.3 is 0 Å². The number of rotatable bonds is 5. The first-order valence-electron chi connectivity index (χ1n) is 6.73. The van der Waals surface area contributed by atoms with Crippen molar-refractivity contribution in [2.45, 2.75) is 50.7 Å². The molecule has 3 nitrogen and oxygen atoms in total. The fourth-order valence-corrected chi connectivity index (χ4v) is 2.41. The first-order valence-corrected chi connectivity index (χ1v) is 6.73. The molecule has 0 atom stereocenters. The second-order valence-electron chi connectivity index (χ2n) is 5.36. The van der Waals surface area contributed by atoms with Crippen LogP contribution in [0.3, 0.4) is 0 Å². The summed E-state index contributed by atoms with van der Waals surface area (Å²) in [7, 11) is 2.22. The topological polar surface area (TPSA) is 28.2 Å². The van der Waals surface area contributed by atoms with E-state index in [0.717, 1.165) is 18.6 Å². The summed E-state index contributed by atoms with van der Waals surface area (Å²) < 4.78 is 0. The van der Waals surface area contributed by atoms with Crippen molar-refractivity contribution in [1.82, 2.24) is 10.3 Å². The van der Waals surface area contributed by atoms with E-state index in [1.165, 1.54) is 43.4 Å². The van der Waals surface area contributed by atoms with Crippen molar-refractivity contribution < 1.29 is 0 Å². The number of aromatic nitrogens is 1. The van der Waals surface area contributed by atoms with Gasteiger partial charge in [-0.1, -0.05) is 0 Å². The molecule has 3 rings (SSSR count). The van der Waals surface area contributed by atoms with Crippen LogP contribution in [0.25, 0.3) is 0 Å². The minimum atomic E-state index is 0.747. The molecule has 1 aromatic rings. The van der Waals surface area contributed by atoms with Crippen LogP contribution in [0.4, 0.5) is 5.69 Å². The molecule has 92 valence electrons. The highest BCUT2D eigenvalue weighted by molar-refractivity contribution is 5.52. The van der Waals surface area contributed by atoms with Gasteiger partial charge < -0.3 is 10.2 Å². The predicted molar refractivity (Wildman–Crippen MR) is 70.1 cm³/mol. The van der Waals surface area contributed by atoms with Crippen molar-refractivity contribution in [3.05, 3.63) is 24.0 Å². The average molecular weight is 231 g/mol. The molecule has 0 aromatic carbocycles. The molecule has 2 saturated carbocycles. The molecule has 2 aliphatic rings. The van der Waals surface area contributed by atoms with E-state index in [2.05, 4.69) is 28.3 Å². The third kappa shape index (κ3) is 2.44. The zero-order valence-electron chi connectivity index (χ0n) is 10.5. The molecule has 3 heteroatoms. The number of nitrogens with one attached hydrogen (secondary N) is 1. The van der Waals surface area contributed by atoms with E-state index in [4.69, 9.17) is 0 Å². The Bertz CT molecular complexity index is 383. The van der Waals surface area contributed by atoms with Crippen LogP contribution in [0.1, 0.15) is 37.7 Å². The molecule has 0 bridgehead atoms. The van der Waals surface area contributed by atoms with Crippen molar-refractivity contribution in [1.29, 1.82) is 0 Å². The second-order valence-corrected chi connectivity index (χ2v) is 5.36. The van der Waals surface area contributed by atoms with Crippen molar-refractivity contribution in [3.8, 4) is 0 Å². The monoisotopic (exact) mass is 231 g/mol. The minimum absolute atomic E-state index is 0.747.